The largest absolute Gasteiger partial charge is 0.369 e. The van der Waals surface area contributed by atoms with Gasteiger partial charge in [0.05, 0.1) is 16.3 Å². The summed E-state index contributed by atoms with van der Waals surface area (Å²) < 4.78 is 24.6. The topological polar surface area (TPSA) is 63.4 Å². The average molecular weight is 284 g/mol. The molecule has 2 N–H and O–H groups in total. The molecule has 108 valence electrons. The fourth-order valence-corrected chi connectivity index (χ4v) is 3.70. The molecule has 0 radical (unpaired) electrons. The number of para-hydroxylation sites is 1. The molecule has 1 rings (SSSR count). The second-order valence-electron chi connectivity index (χ2n) is 4.56. The van der Waals surface area contributed by atoms with Gasteiger partial charge in [-0.25, -0.2) is 8.42 Å². The summed E-state index contributed by atoms with van der Waals surface area (Å²) in [7, 11) is -3.21. The molecule has 1 aromatic rings. The van der Waals surface area contributed by atoms with Crippen LogP contribution >= 0.6 is 0 Å². The molecule has 19 heavy (non-hydrogen) atoms. The maximum Gasteiger partial charge on any atom is 0.180 e. The van der Waals surface area contributed by atoms with Gasteiger partial charge in [-0.15, -0.1) is 0 Å². The molecule has 0 aliphatic heterocycles. The maximum atomic E-state index is 12.3. The van der Waals surface area contributed by atoms with Crippen molar-refractivity contribution in [1.29, 1.82) is 0 Å². The minimum atomic E-state index is -3.21. The van der Waals surface area contributed by atoms with Gasteiger partial charge >= 0.3 is 0 Å². The van der Waals surface area contributed by atoms with Crippen LogP contribution in [0.25, 0.3) is 0 Å². The molecule has 5 heteroatoms. The zero-order chi connectivity index (χ0) is 14.3. The van der Waals surface area contributed by atoms with Gasteiger partial charge in [0.15, 0.2) is 9.84 Å². The lowest BCUT2D eigenvalue weighted by molar-refractivity contribution is 0.594. The number of hydrogen-bond acceptors (Lipinski definition) is 4. The van der Waals surface area contributed by atoms with E-state index in [1.807, 2.05) is 19.1 Å². The Hall–Kier alpha value is -1.07. The molecule has 1 aromatic carbocycles. The van der Waals surface area contributed by atoms with Crippen molar-refractivity contribution in [1.82, 2.24) is 0 Å². The van der Waals surface area contributed by atoms with Gasteiger partial charge in [0.2, 0.25) is 0 Å². The van der Waals surface area contributed by atoms with Gasteiger partial charge in [-0.2, -0.15) is 0 Å². The molecule has 0 aliphatic carbocycles. The predicted octanol–water partition coefficient (Wildman–Crippen LogP) is 2.05. The number of nitrogens with two attached hydrogens (primary N) is 1. The smallest absolute Gasteiger partial charge is 0.180 e. The second kappa shape index (κ2) is 7.50. The number of rotatable bonds is 8. The summed E-state index contributed by atoms with van der Waals surface area (Å²) in [5, 5.41) is 0. The lowest BCUT2D eigenvalue weighted by Gasteiger charge is -2.26. The van der Waals surface area contributed by atoms with Crippen LogP contribution in [-0.4, -0.2) is 33.8 Å². The zero-order valence-corrected chi connectivity index (χ0v) is 12.6. The van der Waals surface area contributed by atoms with Gasteiger partial charge < -0.3 is 10.6 Å². The molecular weight excluding hydrogens is 260 g/mol. The number of sulfone groups is 1. The molecule has 0 fully saturated rings. The first-order chi connectivity index (χ1) is 9.06. The average Bonchev–Trinajstić information content (AvgIpc) is 2.38. The summed E-state index contributed by atoms with van der Waals surface area (Å²) in [6.07, 6.45) is 1.59. The Balaban J connectivity index is 3.20. The molecule has 0 atom stereocenters. The van der Waals surface area contributed by atoms with Crippen LogP contribution in [0, 0.1) is 0 Å². The zero-order valence-electron chi connectivity index (χ0n) is 11.8. The van der Waals surface area contributed by atoms with Crippen molar-refractivity contribution in [2.75, 3.05) is 30.3 Å². The van der Waals surface area contributed by atoms with Crippen LogP contribution < -0.4 is 10.6 Å². The quantitative estimate of drug-likeness (QED) is 0.793. The Morgan fingerprint density at radius 1 is 1.11 bits per heavy atom. The molecule has 0 aromatic heterocycles. The van der Waals surface area contributed by atoms with Crippen molar-refractivity contribution in [3.05, 3.63) is 24.3 Å². The minimum absolute atomic E-state index is 0.187. The second-order valence-corrected chi connectivity index (χ2v) is 6.64. The monoisotopic (exact) mass is 284 g/mol. The van der Waals surface area contributed by atoms with E-state index >= 15 is 0 Å². The summed E-state index contributed by atoms with van der Waals surface area (Å²) in [6, 6.07) is 7.21. The van der Waals surface area contributed by atoms with E-state index < -0.39 is 9.84 Å². The molecule has 0 saturated heterocycles. The van der Waals surface area contributed by atoms with Crippen LogP contribution in [0.1, 0.15) is 26.7 Å². The summed E-state index contributed by atoms with van der Waals surface area (Å²) in [5.41, 5.74) is 6.40. The highest BCUT2D eigenvalue weighted by Crippen LogP contribution is 2.26. The molecule has 0 heterocycles. The van der Waals surface area contributed by atoms with E-state index in [1.54, 1.807) is 12.1 Å². The lowest BCUT2D eigenvalue weighted by atomic mass is 10.2. The van der Waals surface area contributed by atoms with Crippen LogP contribution in [-0.2, 0) is 9.84 Å². The van der Waals surface area contributed by atoms with Crippen LogP contribution in [0.15, 0.2) is 29.2 Å². The molecule has 0 spiro atoms. The molecule has 4 nitrogen and oxygen atoms in total. The van der Waals surface area contributed by atoms with Gasteiger partial charge in [-0.3, -0.25) is 0 Å². The van der Waals surface area contributed by atoms with Gasteiger partial charge in [-0.1, -0.05) is 26.0 Å². The standard InChI is InChI=1S/C14H24N2O2S/c1-3-10-16(11-9-15)13-7-5-6-8-14(13)19(17,18)12-4-2/h5-8H,3-4,9-12,15H2,1-2H3. The van der Waals surface area contributed by atoms with E-state index in [4.69, 9.17) is 5.73 Å². The third-order valence-corrected chi connectivity index (χ3v) is 4.87. The fraction of sp³-hybridized carbons (Fsp3) is 0.571. The van der Waals surface area contributed by atoms with Gasteiger partial charge in [0.25, 0.3) is 0 Å². The Kier molecular flexibility index (Phi) is 6.31. The van der Waals surface area contributed by atoms with Crippen molar-refractivity contribution >= 4 is 15.5 Å². The molecule has 0 unspecified atom stereocenters. The summed E-state index contributed by atoms with van der Waals surface area (Å²) in [5.74, 6) is 0.187. The van der Waals surface area contributed by atoms with E-state index in [-0.39, 0.29) is 5.75 Å². The minimum Gasteiger partial charge on any atom is -0.369 e. The van der Waals surface area contributed by atoms with Crippen LogP contribution in [0.5, 0.6) is 0 Å². The molecule has 0 saturated carbocycles. The number of hydrogen-bond donors (Lipinski definition) is 1. The van der Waals surface area contributed by atoms with Crippen molar-refractivity contribution in [2.45, 2.75) is 31.6 Å². The van der Waals surface area contributed by atoms with E-state index in [2.05, 4.69) is 11.8 Å². The van der Waals surface area contributed by atoms with Gasteiger partial charge in [0, 0.05) is 19.6 Å². The van der Waals surface area contributed by atoms with Crippen molar-refractivity contribution in [3.8, 4) is 0 Å². The maximum absolute atomic E-state index is 12.3. The fourth-order valence-electron chi connectivity index (χ4n) is 2.14. The van der Waals surface area contributed by atoms with Gasteiger partial charge in [-0.05, 0) is 25.0 Å². The SMILES string of the molecule is CCCN(CCN)c1ccccc1S(=O)(=O)CCC. The Morgan fingerprint density at radius 2 is 1.79 bits per heavy atom. The van der Waals surface area contributed by atoms with E-state index in [9.17, 15) is 8.42 Å². The number of nitrogens with zero attached hydrogens (tertiary/aromatic N) is 1. The summed E-state index contributed by atoms with van der Waals surface area (Å²) in [4.78, 5) is 2.49. The first-order valence-corrected chi connectivity index (χ1v) is 8.48. The van der Waals surface area contributed by atoms with Crippen molar-refractivity contribution in [2.24, 2.45) is 5.73 Å². The highest BCUT2D eigenvalue weighted by atomic mass is 32.2. The third kappa shape index (κ3) is 4.21. The normalized spacial score (nSPS) is 11.5. The lowest BCUT2D eigenvalue weighted by Crippen LogP contribution is -2.31. The molecule has 0 amide bonds. The van der Waals surface area contributed by atoms with Gasteiger partial charge in [0.1, 0.15) is 0 Å². The summed E-state index contributed by atoms with van der Waals surface area (Å²) >= 11 is 0. The highest BCUT2D eigenvalue weighted by molar-refractivity contribution is 7.91. The van der Waals surface area contributed by atoms with Crippen LogP contribution in [0.2, 0.25) is 0 Å². The first-order valence-electron chi connectivity index (χ1n) is 6.83. The Bertz CT molecular complexity index is 480. The Morgan fingerprint density at radius 3 is 2.37 bits per heavy atom. The first kappa shape index (κ1) is 16.0. The van der Waals surface area contributed by atoms with Crippen molar-refractivity contribution in [3.63, 3.8) is 0 Å². The molecular formula is C14H24N2O2S. The number of benzene rings is 1. The van der Waals surface area contributed by atoms with Crippen LogP contribution in [0.3, 0.4) is 0 Å². The van der Waals surface area contributed by atoms with E-state index in [0.717, 1.165) is 18.7 Å². The highest BCUT2D eigenvalue weighted by Gasteiger charge is 2.20. The van der Waals surface area contributed by atoms with Crippen LogP contribution in [0.4, 0.5) is 5.69 Å². The number of anilines is 1. The predicted molar refractivity (Wildman–Crippen MR) is 80.3 cm³/mol. The Labute approximate surface area is 116 Å². The molecule has 0 aliphatic rings. The van der Waals surface area contributed by atoms with E-state index in [1.165, 1.54) is 0 Å². The molecule has 0 bridgehead atoms. The van der Waals surface area contributed by atoms with E-state index in [0.29, 0.717) is 24.4 Å². The summed E-state index contributed by atoms with van der Waals surface area (Å²) in [6.45, 7) is 5.96. The third-order valence-electron chi connectivity index (χ3n) is 2.91. The van der Waals surface area contributed by atoms with Crippen molar-refractivity contribution < 1.29 is 8.42 Å².